The zero-order valence-electron chi connectivity index (χ0n) is 13.7. The molecule has 0 saturated heterocycles. The summed E-state index contributed by atoms with van der Waals surface area (Å²) < 4.78 is 5.24. The molecule has 4 rings (SSSR count). The lowest BCUT2D eigenvalue weighted by molar-refractivity contribution is 0.101. The molecule has 0 spiro atoms. The summed E-state index contributed by atoms with van der Waals surface area (Å²) in [6.45, 7) is 0.527. The van der Waals surface area contributed by atoms with Gasteiger partial charge in [-0.15, -0.1) is 5.10 Å². The Balaban J connectivity index is 1.43. The lowest BCUT2D eigenvalue weighted by atomic mass is 10.1. The van der Waals surface area contributed by atoms with Gasteiger partial charge in [-0.2, -0.15) is 9.90 Å². The van der Waals surface area contributed by atoms with Crippen molar-refractivity contribution in [3.63, 3.8) is 0 Å². The average Bonchev–Trinajstić information content (AvgIpc) is 3.33. The van der Waals surface area contributed by atoms with Crippen molar-refractivity contribution in [2.45, 2.75) is 6.54 Å². The van der Waals surface area contributed by atoms with Crippen molar-refractivity contribution in [3.05, 3.63) is 84.2 Å². The van der Waals surface area contributed by atoms with Crippen LogP contribution in [0.2, 0.25) is 0 Å². The highest BCUT2D eigenvalue weighted by atomic mass is 16.5. The molecule has 7 heteroatoms. The number of aromatic nitrogens is 4. The van der Waals surface area contributed by atoms with Crippen LogP contribution in [0.15, 0.2) is 77.4 Å². The van der Waals surface area contributed by atoms with Crippen LogP contribution in [0, 0.1) is 0 Å². The number of benzene rings is 2. The second kappa shape index (κ2) is 7.02. The van der Waals surface area contributed by atoms with E-state index in [0.29, 0.717) is 18.1 Å². The van der Waals surface area contributed by atoms with E-state index in [1.165, 1.54) is 11.0 Å². The summed E-state index contributed by atoms with van der Waals surface area (Å²) in [6.07, 6.45) is 1.50. The number of hydrogen-bond donors (Lipinski definition) is 1. The number of carbonyl (C=O) groups is 1. The quantitative estimate of drug-likeness (QED) is 0.600. The fourth-order valence-electron chi connectivity index (χ4n) is 2.48. The van der Waals surface area contributed by atoms with Gasteiger partial charge in [0.05, 0.1) is 12.7 Å². The fraction of sp³-hybridized carbons (Fsp3) is 0.0526. The van der Waals surface area contributed by atoms with Crippen molar-refractivity contribution < 1.29 is 9.32 Å². The van der Waals surface area contributed by atoms with E-state index in [1.807, 2.05) is 60.7 Å². The summed E-state index contributed by atoms with van der Waals surface area (Å²) in [6, 6.07) is 20.9. The molecule has 2 aromatic heterocycles. The lowest BCUT2D eigenvalue weighted by Gasteiger charge is -1.99. The maximum absolute atomic E-state index is 12.3. The van der Waals surface area contributed by atoms with E-state index in [1.54, 1.807) is 6.07 Å². The number of nitrogens with zero attached hydrogens (tertiary/aromatic N) is 4. The number of nitrogens with one attached hydrogen (secondary N) is 1. The Kier molecular flexibility index (Phi) is 4.26. The average molecular weight is 345 g/mol. The van der Waals surface area contributed by atoms with Gasteiger partial charge in [-0.05, 0) is 5.56 Å². The van der Waals surface area contributed by atoms with Crippen LogP contribution < -0.4 is 5.32 Å². The number of rotatable bonds is 5. The van der Waals surface area contributed by atoms with Crippen molar-refractivity contribution >= 4 is 11.7 Å². The Morgan fingerprint density at radius 1 is 1.04 bits per heavy atom. The van der Waals surface area contributed by atoms with Gasteiger partial charge in [0.25, 0.3) is 5.91 Å². The van der Waals surface area contributed by atoms with Gasteiger partial charge in [-0.25, -0.2) is 0 Å². The second-order valence-corrected chi connectivity index (χ2v) is 5.64. The minimum absolute atomic E-state index is 0.182. The zero-order chi connectivity index (χ0) is 17.8. The summed E-state index contributed by atoms with van der Waals surface area (Å²) in [5, 5.41) is 14.9. The number of anilines is 1. The van der Waals surface area contributed by atoms with Crippen molar-refractivity contribution in [2.75, 3.05) is 5.32 Å². The highest BCUT2D eigenvalue weighted by Crippen LogP contribution is 2.20. The molecule has 0 unspecified atom stereocenters. The summed E-state index contributed by atoms with van der Waals surface area (Å²) >= 11 is 0. The minimum atomic E-state index is -0.400. The molecule has 0 radical (unpaired) electrons. The van der Waals surface area contributed by atoms with Crippen molar-refractivity contribution in [1.82, 2.24) is 20.2 Å². The highest BCUT2D eigenvalue weighted by Gasteiger charge is 2.15. The summed E-state index contributed by atoms with van der Waals surface area (Å²) in [5.74, 6) is 0.487. The molecule has 0 aliphatic carbocycles. The Hall–Kier alpha value is -3.74. The van der Waals surface area contributed by atoms with Crippen LogP contribution in [-0.2, 0) is 6.54 Å². The molecule has 1 N–H and O–H groups in total. The van der Waals surface area contributed by atoms with E-state index >= 15 is 0 Å². The number of carbonyl (C=O) groups excluding carboxylic acids is 1. The first-order valence-electron chi connectivity index (χ1n) is 8.05. The van der Waals surface area contributed by atoms with Crippen LogP contribution >= 0.6 is 0 Å². The monoisotopic (exact) mass is 345 g/mol. The minimum Gasteiger partial charge on any atom is -0.355 e. The number of hydrogen-bond acceptors (Lipinski definition) is 5. The Morgan fingerprint density at radius 3 is 2.54 bits per heavy atom. The van der Waals surface area contributed by atoms with Gasteiger partial charge in [0.15, 0.2) is 17.3 Å². The van der Waals surface area contributed by atoms with E-state index in [-0.39, 0.29) is 5.69 Å². The largest absolute Gasteiger partial charge is 0.355 e. The third-order valence-electron chi connectivity index (χ3n) is 3.75. The smallest absolute Gasteiger partial charge is 0.279 e. The molecule has 0 aliphatic rings. The molecule has 4 aromatic rings. The van der Waals surface area contributed by atoms with Crippen LogP contribution in [0.5, 0.6) is 0 Å². The number of amides is 1. The molecule has 128 valence electrons. The summed E-state index contributed by atoms with van der Waals surface area (Å²) in [5.41, 5.74) is 2.11. The molecular weight excluding hydrogens is 330 g/mol. The van der Waals surface area contributed by atoms with Gasteiger partial charge in [0.2, 0.25) is 0 Å². The highest BCUT2D eigenvalue weighted by molar-refractivity contribution is 6.02. The molecule has 2 aromatic carbocycles. The Labute approximate surface area is 149 Å². The van der Waals surface area contributed by atoms with Crippen LogP contribution in [0.25, 0.3) is 11.3 Å². The normalized spacial score (nSPS) is 10.6. The fourth-order valence-corrected chi connectivity index (χ4v) is 2.48. The van der Waals surface area contributed by atoms with Gasteiger partial charge in [0, 0.05) is 11.6 Å². The SMILES string of the molecule is O=C(Nc1cnn(Cc2ccccc2)n1)c1cc(-c2ccccc2)on1. The van der Waals surface area contributed by atoms with Gasteiger partial charge in [-0.3, -0.25) is 4.79 Å². The standard InChI is InChI=1S/C19H15N5O2/c25-19(16-11-17(26-23-16)15-9-5-2-6-10-15)21-18-12-20-24(22-18)13-14-7-3-1-4-8-14/h1-12H,13H2,(H,21,22,25). The first kappa shape index (κ1) is 15.8. The predicted octanol–water partition coefficient (Wildman–Crippen LogP) is 3.23. The Morgan fingerprint density at radius 2 is 1.77 bits per heavy atom. The molecule has 0 atom stereocenters. The van der Waals surface area contributed by atoms with Crippen LogP contribution in [0.3, 0.4) is 0 Å². The molecule has 0 aliphatic heterocycles. The first-order valence-corrected chi connectivity index (χ1v) is 8.05. The Bertz CT molecular complexity index is 1010. The molecule has 0 bridgehead atoms. The molecule has 2 heterocycles. The maximum atomic E-state index is 12.3. The van der Waals surface area contributed by atoms with Gasteiger partial charge < -0.3 is 9.84 Å². The van der Waals surface area contributed by atoms with E-state index in [0.717, 1.165) is 11.1 Å². The van der Waals surface area contributed by atoms with Gasteiger partial charge in [0.1, 0.15) is 0 Å². The second-order valence-electron chi connectivity index (χ2n) is 5.64. The maximum Gasteiger partial charge on any atom is 0.279 e. The van der Waals surface area contributed by atoms with Crippen LogP contribution in [0.1, 0.15) is 16.1 Å². The van der Waals surface area contributed by atoms with Crippen molar-refractivity contribution in [2.24, 2.45) is 0 Å². The summed E-state index contributed by atoms with van der Waals surface area (Å²) in [7, 11) is 0. The third-order valence-corrected chi connectivity index (χ3v) is 3.75. The molecule has 0 fully saturated rings. The molecule has 1 amide bonds. The van der Waals surface area contributed by atoms with Crippen LogP contribution in [0.4, 0.5) is 5.82 Å². The van der Waals surface area contributed by atoms with E-state index in [2.05, 4.69) is 20.7 Å². The molecule has 7 nitrogen and oxygen atoms in total. The first-order chi connectivity index (χ1) is 12.8. The topological polar surface area (TPSA) is 85.8 Å². The van der Waals surface area contributed by atoms with E-state index in [4.69, 9.17) is 4.52 Å². The predicted molar refractivity (Wildman–Crippen MR) is 95.5 cm³/mol. The van der Waals surface area contributed by atoms with Gasteiger partial charge >= 0.3 is 0 Å². The molecular formula is C19H15N5O2. The molecule has 26 heavy (non-hydrogen) atoms. The van der Waals surface area contributed by atoms with Crippen LogP contribution in [-0.4, -0.2) is 26.1 Å². The molecule has 0 saturated carbocycles. The lowest BCUT2D eigenvalue weighted by Crippen LogP contribution is -2.13. The summed E-state index contributed by atoms with van der Waals surface area (Å²) in [4.78, 5) is 13.8. The van der Waals surface area contributed by atoms with E-state index in [9.17, 15) is 4.79 Å². The van der Waals surface area contributed by atoms with Gasteiger partial charge in [-0.1, -0.05) is 65.8 Å². The van der Waals surface area contributed by atoms with E-state index < -0.39 is 5.91 Å². The van der Waals surface area contributed by atoms with Crippen molar-refractivity contribution in [1.29, 1.82) is 0 Å². The third kappa shape index (κ3) is 3.51. The van der Waals surface area contributed by atoms with Crippen molar-refractivity contribution in [3.8, 4) is 11.3 Å². The zero-order valence-corrected chi connectivity index (χ0v) is 13.7.